The first-order valence-corrected chi connectivity index (χ1v) is 8.90. The lowest BCUT2D eigenvalue weighted by Crippen LogP contribution is -2.35. The Bertz CT molecular complexity index is 659. The average molecular weight is 312 g/mol. The third kappa shape index (κ3) is 2.82. The van der Waals surface area contributed by atoms with Crippen LogP contribution in [0.5, 0.6) is 0 Å². The summed E-state index contributed by atoms with van der Waals surface area (Å²) in [5.74, 6) is -0.195. The molecule has 0 radical (unpaired) electrons. The predicted molar refractivity (Wildman–Crippen MR) is 76.3 cm³/mol. The first-order chi connectivity index (χ1) is 9.93. The van der Waals surface area contributed by atoms with Gasteiger partial charge in [-0.2, -0.15) is 5.10 Å². The fourth-order valence-electron chi connectivity index (χ4n) is 2.64. The first-order valence-electron chi connectivity index (χ1n) is 7.35. The van der Waals surface area contributed by atoms with Crippen molar-refractivity contribution in [3.8, 4) is 0 Å². The minimum Gasteiger partial charge on any atom is -0.334 e. The highest BCUT2D eigenvalue weighted by molar-refractivity contribution is 7.89. The highest BCUT2D eigenvalue weighted by Crippen LogP contribution is 2.42. The van der Waals surface area contributed by atoms with E-state index < -0.39 is 10.0 Å². The second-order valence-corrected chi connectivity index (χ2v) is 7.36. The number of carbonyl (C=O) groups is 1. The van der Waals surface area contributed by atoms with Gasteiger partial charge in [-0.05, 0) is 32.1 Å². The van der Waals surface area contributed by atoms with Gasteiger partial charge in [0.2, 0.25) is 10.0 Å². The topological polar surface area (TPSA) is 109 Å². The van der Waals surface area contributed by atoms with Crippen LogP contribution in [0.15, 0.2) is 4.90 Å². The quantitative estimate of drug-likeness (QED) is 0.815. The van der Waals surface area contributed by atoms with Crippen LogP contribution in [0.2, 0.25) is 0 Å². The van der Waals surface area contributed by atoms with Crippen LogP contribution in [-0.4, -0.2) is 42.0 Å². The molecule has 116 valence electrons. The second kappa shape index (κ2) is 5.10. The number of amides is 1. The van der Waals surface area contributed by atoms with Gasteiger partial charge in [-0.3, -0.25) is 9.89 Å². The highest BCUT2D eigenvalue weighted by atomic mass is 32.2. The van der Waals surface area contributed by atoms with E-state index in [2.05, 4.69) is 10.2 Å². The van der Waals surface area contributed by atoms with Gasteiger partial charge >= 0.3 is 0 Å². The monoisotopic (exact) mass is 312 g/mol. The number of primary sulfonamides is 1. The molecule has 7 nitrogen and oxygen atoms in total. The fourth-order valence-corrected chi connectivity index (χ4v) is 3.56. The van der Waals surface area contributed by atoms with E-state index in [0.717, 1.165) is 32.1 Å². The summed E-state index contributed by atoms with van der Waals surface area (Å²) in [7, 11) is -3.97. The molecule has 0 aromatic carbocycles. The lowest BCUT2D eigenvalue weighted by Gasteiger charge is -2.21. The zero-order valence-corrected chi connectivity index (χ0v) is 12.8. The molecule has 2 aliphatic carbocycles. The van der Waals surface area contributed by atoms with Crippen molar-refractivity contribution >= 4 is 15.9 Å². The summed E-state index contributed by atoms with van der Waals surface area (Å²) in [5.41, 5.74) is 0.452. The molecule has 8 heteroatoms. The van der Waals surface area contributed by atoms with Crippen molar-refractivity contribution in [2.45, 2.75) is 55.9 Å². The Balaban J connectivity index is 1.99. The van der Waals surface area contributed by atoms with Gasteiger partial charge in [0.25, 0.3) is 5.91 Å². The molecule has 0 saturated heterocycles. The van der Waals surface area contributed by atoms with Crippen LogP contribution in [0.4, 0.5) is 0 Å². The van der Waals surface area contributed by atoms with E-state index >= 15 is 0 Å². The van der Waals surface area contributed by atoms with Crippen LogP contribution in [0.1, 0.15) is 61.1 Å². The van der Waals surface area contributed by atoms with Gasteiger partial charge in [-0.1, -0.05) is 6.92 Å². The number of nitrogens with one attached hydrogen (secondary N) is 1. The van der Waals surface area contributed by atoms with Crippen LogP contribution in [-0.2, 0) is 10.0 Å². The number of aromatic nitrogens is 2. The molecule has 0 spiro atoms. The van der Waals surface area contributed by atoms with Crippen molar-refractivity contribution in [2.24, 2.45) is 5.14 Å². The number of nitrogens with two attached hydrogens (primary N) is 1. The van der Waals surface area contributed by atoms with E-state index in [0.29, 0.717) is 12.2 Å². The van der Waals surface area contributed by atoms with Gasteiger partial charge in [-0.15, -0.1) is 0 Å². The minimum atomic E-state index is -3.97. The average Bonchev–Trinajstić information content (AvgIpc) is 3.32. The summed E-state index contributed by atoms with van der Waals surface area (Å²) in [6.07, 6.45) is 4.57. The molecular weight excluding hydrogens is 292 g/mol. The van der Waals surface area contributed by atoms with E-state index in [1.165, 1.54) is 0 Å². The molecule has 3 N–H and O–H groups in total. The number of hydrogen-bond acceptors (Lipinski definition) is 4. The first kappa shape index (κ1) is 14.5. The number of aromatic amines is 1. The highest BCUT2D eigenvalue weighted by Gasteiger charge is 2.39. The Morgan fingerprint density at radius 3 is 2.52 bits per heavy atom. The molecule has 21 heavy (non-hydrogen) atoms. The molecule has 1 aromatic rings. The summed E-state index contributed by atoms with van der Waals surface area (Å²) in [5, 5.41) is 12.0. The summed E-state index contributed by atoms with van der Waals surface area (Å²) in [6, 6.07) is 0.215. The zero-order valence-electron chi connectivity index (χ0n) is 12.0. The molecular formula is C13H20N4O3S. The molecule has 0 unspecified atom stereocenters. The lowest BCUT2D eigenvalue weighted by atomic mass is 10.2. The molecule has 1 heterocycles. The standard InChI is InChI=1S/C13H20N4O3S/c1-2-7-17(9-5-6-9)13(18)11-12(21(14,19)20)10(15-16-11)8-3-4-8/h8-9H,2-7H2,1H3,(H,15,16)(H2,14,19,20). The van der Waals surface area contributed by atoms with Crippen LogP contribution < -0.4 is 5.14 Å². The second-order valence-electron chi connectivity index (χ2n) is 5.86. The Morgan fingerprint density at radius 1 is 1.38 bits per heavy atom. The number of carbonyl (C=O) groups excluding carboxylic acids is 1. The summed E-state index contributed by atoms with van der Waals surface area (Å²) >= 11 is 0. The van der Waals surface area contributed by atoms with Gasteiger partial charge in [-0.25, -0.2) is 13.6 Å². The van der Waals surface area contributed by atoms with Gasteiger partial charge in [0.05, 0.1) is 5.69 Å². The molecule has 0 aliphatic heterocycles. The maximum absolute atomic E-state index is 12.7. The van der Waals surface area contributed by atoms with Crippen LogP contribution >= 0.6 is 0 Å². The van der Waals surface area contributed by atoms with Gasteiger partial charge < -0.3 is 4.90 Å². The van der Waals surface area contributed by atoms with Gasteiger partial charge in [0.15, 0.2) is 5.69 Å². The van der Waals surface area contributed by atoms with Gasteiger partial charge in [0.1, 0.15) is 4.90 Å². The summed E-state index contributed by atoms with van der Waals surface area (Å²) < 4.78 is 23.8. The SMILES string of the molecule is CCCN(C(=O)c1n[nH]c(C2CC2)c1S(N)(=O)=O)C1CC1. The third-order valence-electron chi connectivity index (χ3n) is 3.93. The predicted octanol–water partition coefficient (Wildman–Crippen LogP) is 0.949. The lowest BCUT2D eigenvalue weighted by molar-refractivity contribution is 0.0733. The van der Waals surface area contributed by atoms with E-state index in [1.807, 2.05) is 6.92 Å². The van der Waals surface area contributed by atoms with Crippen molar-refractivity contribution < 1.29 is 13.2 Å². The maximum Gasteiger partial charge on any atom is 0.276 e. The number of rotatable bonds is 6. The van der Waals surface area contributed by atoms with E-state index in [4.69, 9.17) is 5.14 Å². The Labute approximate surface area is 123 Å². The van der Waals surface area contributed by atoms with Crippen LogP contribution in [0.3, 0.4) is 0 Å². The minimum absolute atomic E-state index is 0.0419. The van der Waals surface area contributed by atoms with E-state index in [-0.39, 0.29) is 28.5 Å². The zero-order chi connectivity index (χ0) is 15.2. The smallest absolute Gasteiger partial charge is 0.276 e. The maximum atomic E-state index is 12.7. The summed E-state index contributed by atoms with van der Waals surface area (Å²) in [4.78, 5) is 14.3. The van der Waals surface area contributed by atoms with E-state index in [1.54, 1.807) is 4.90 Å². The molecule has 2 saturated carbocycles. The normalized spacial score (nSPS) is 18.8. The number of hydrogen-bond donors (Lipinski definition) is 2. The van der Waals surface area contributed by atoms with Crippen molar-refractivity contribution in [1.29, 1.82) is 0 Å². The van der Waals surface area contributed by atoms with Crippen molar-refractivity contribution in [3.05, 3.63) is 11.4 Å². The third-order valence-corrected chi connectivity index (χ3v) is 4.92. The van der Waals surface area contributed by atoms with Crippen molar-refractivity contribution in [1.82, 2.24) is 15.1 Å². The molecule has 0 bridgehead atoms. The van der Waals surface area contributed by atoms with Crippen molar-refractivity contribution in [2.75, 3.05) is 6.54 Å². The number of nitrogens with zero attached hydrogens (tertiary/aromatic N) is 2. The summed E-state index contributed by atoms with van der Waals surface area (Å²) in [6.45, 7) is 2.60. The number of sulfonamides is 1. The molecule has 1 aromatic heterocycles. The molecule has 1 amide bonds. The van der Waals surface area contributed by atoms with E-state index in [9.17, 15) is 13.2 Å². The Hall–Kier alpha value is -1.41. The molecule has 3 rings (SSSR count). The van der Waals surface area contributed by atoms with Crippen molar-refractivity contribution in [3.63, 3.8) is 0 Å². The number of H-pyrrole nitrogens is 1. The van der Waals surface area contributed by atoms with Crippen LogP contribution in [0, 0.1) is 0 Å². The molecule has 2 fully saturated rings. The molecule has 2 aliphatic rings. The Morgan fingerprint density at radius 2 is 2.05 bits per heavy atom. The fraction of sp³-hybridized carbons (Fsp3) is 0.692. The largest absolute Gasteiger partial charge is 0.334 e. The molecule has 0 atom stereocenters. The van der Waals surface area contributed by atoms with Gasteiger partial charge in [0, 0.05) is 18.5 Å². The Kier molecular flexibility index (Phi) is 3.53. The van der Waals surface area contributed by atoms with Crippen LogP contribution in [0.25, 0.3) is 0 Å².